The molecule has 1 aromatic carbocycles. The first kappa shape index (κ1) is 23.2. The third-order valence-electron chi connectivity index (χ3n) is 3.69. The van der Waals surface area contributed by atoms with Crippen LogP contribution in [0.5, 0.6) is 5.75 Å². The molecule has 0 amide bonds. The van der Waals surface area contributed by atoms with Crippen LogP contribution in [0, 0.1) is 5.41 Å². The molecule has 0 aliphatic rings. The number of aliphatic hydroxyl groups excluding tert-OH is 1. The Morgan fingerprint density at radius 2 is 1.67 bits per heavy atom. The zero-order valence-electron chi connectivity index (χ0n) is 16.2. The summed E-state index contributed by atoms with van der Waals surface area (Å²) in [5.41, 5.74) is 1.59. The third-order valence-corrected chi connectivity index (χ3v) is 3.69. The minimum atomic E-state index is -0.510. The number of nitrogens with one attached hydrogen (secondary N) is 1. The molecule has 1 rings (SSSR count). The first-order valence-corrected chi connectivity index (χ1v) is 8.76. The average Bonchev–Trinajstić information content (AvgIpc) is 2.42. The molecule has 0 saturated heterocycles. The van der Waals surface area contributed by atoms with E-state index in [1.807, 2.05) is 12.1 Å². The van der Waals surface area contributed by atoms with Gasteiger partial charge < -0.3 is 27.6 Å². The predicted molar refractivity (Wildman–Crippen MR) is 98.1 cm³/mol. The van der Waals surface area contributed by atoms with Crippen LogP contribution in [-0.2, 0) is 6.42 Å². The quantitative estimate of drug-likeness (QED) is 0.698. The molecule has 0 spiro atoms. The van der Waals surface area contributed by atoms with Gasteiger partial charge in [-0.15, -0.1) is 0 Å². The SMILES string of the molecule is CCCc1ccc(OCC(O)CNC(C)(C)CC(C)(C)C)cc1.[Cl-]. The summed E-state index contributed by atoms with van der Waals surface area (Å²) < 4.78 is 5.68. The van der Waals surface area contributed by atoms with Crippen molar-refractivity contribution in [2.24, 2.45) is 5.41 Å². The van der Waals surface area contributed by atoms with Gasteiger partial charge in [0.05, 0.1) is 0 Å². The smallest absolute Gasteiger partial charge is 0.119 e. The number of hydrogen-bond donors (Lipinski definition) is 2. The fourth-order valence-corrected chi connectivity index (χ4v) is 3.07. The summed E-state index contributed by atoms with van der Waals surface area (Å²) in [5.74, 6) is 0.817. The van der Waals surface area contributed by atoms with Gasteiger partial charge in [-0.25, -0.2) is 0 Å². The lowest BCUT2D eigenvalue weighted by Crippen LogP contribution is -3.00. The van der Waals surface area contributed by atoms with Gasteiger partial charge in [0.15, 0.2) is 0 Å². The highest BCUT2D eigenvalue weighted by Crippen LogP contribution is 2.26. The summed E-state index contributed by atoms with van der Waals surface area (Å²) >= 11 is 0. The van der Waals surface area contributed by atoms with Crippen molar-refractivity contribution in [2.75, 3.05) is 13.2 Å². The Balaban J connectivity index is 0.00000529. The van der Waals surface area contributed by atoms with Crippen LogP contribution in [0.15, 0.2) is 24.3 Å². The number of hydrogen-bond acceptors (Lipinski definition) is 3. The Morgan fingerprint density at radius 1 is 1.08 bits per heavy atom. The Hall–Kier alpha value is -0.770. The standard InChI is InChI=1S/C20H35NO2.ClH/c1-7-8-16-9-11-18(12-10-16)23-14-17(22)13-21-20(5,6)15-19(2,3)4;/h9-12,17,21-22H,7-8,13-15H2,1-6H3;1H/p-1. The van der Waals surface area contributed by atoms with Crippen LogP contribution in [-0.4, -0.2) is 29.9 Å². The molecule has 0 aromatic heterocycles. The van der Waals surface area contributed by atoms with Crippen LogP contribution in [0.1, 0.15) is 59.9 Å². The molecule has 1 aromatic rings. The maximum Gasteiger partial charge on any atom is 0.119 e. The molecule has 0 bridgehead atoms. The van der Waals surface area contributed by atoms with Crippen molar-refractivity contribution in [3.63, 3.8) is 0 Å². The van der Waals surface area contributed by atoms with Crippen molar-refractivity contribution in [2.45, 2.75) is 72.4 Å². The van der Waals surface area contributed by atoms with Gasteiger partial charge in [-0.2, -0.15) is 0 Å². The zero-order chi connectivity index (χ0) is 17.5. The highest BCUT2D eigenvalue weighted by molar-refractivity contribution is 5.27. The van der Waals surface area contributed by atoms with E-state index in [2.05, 4.69) is 59.0 Å². The predicted octanol–water partition coefficient (Wildman–Crippen LogP) is 1.19. The second kappa shape index (κ2) is 10.3. The highest BCUT2D eigenvalue weighted by atomic mass is 35.5. The zero-order valence-corrected chi connectivity index (χ0v) is 16.9. The second-order valence-corrected chi connectivity index (χ2v) is 8.36. The summed E-state index contributed by atoms with van der Waals surface area (Å²) in [7, 11) is 0. The maximum absolute atomic E-state index is 10.1. The van der Waals surface area contributed by atoms with Crippen molar-refractivity contribution in [3.8, 4) is 5.75 Å². The fourth-order valence-electron chi connectivity index (χ4n) is 3.07. The van der Waals surface area contributed by atoms with Crippen molar-refractivity contribution >= 4 is 0 Å². The summed E-state index contributed by atoms with van der Waals surface area (Å²) in [6, 6.07) is 8.15. The van der Waals surface area contributed by atoms with Crippen LogP contribution in [0.25, 0.3) is 0 Å². The molecule has 0 aliphatic heterocycles. The fraction of sp³-hybridized carbons (Fsp3) is 0.700. The van der Waals surface area contributed by atoms with E-state index in [0.717, 1.165) is 25.0 Å². The van der Waals surface area contributed by atoms with E-state index in [1.165, 1.54) is 5.56 Å². The van der Waals surface area contributed by atoms with Crippen LogP contribution in [0.3, 0.4) is 0 Å². The minimum Gasteiger partial charge on any atom is -1.00 e. The van der Waals surface area contributed by atoms with Gasteiger partial charge in [-0.3, -0.25) is 0 Å². The Kier molecular flexibility index (Phi) is 9.94. The van der Waals surface area contributed by atoms with Gasteiger partial charge in [0.2, 0.25) is 0 Å². The van der Waals surface area contributed by atoms with Crippen molar-refractivity contribution < 1.29 is 22.3 Å². The molecule has 4 heteroatoms. The molecule has 1 atom stereocenters. The van der Waals surface area contributed by atoms with Gasteiger partial charge in [-0.1, -0.05) is 46.2 Å². The Bertz CT molecular complexity index is 452. The molecule has 0 radical (unpaired) electrons. The van der Waals surface area contributed by atoms with Gasteiger partial charge in [0.1, 0.15) is 18.5 Å². The summed E-state index contributed by atoms with van der Waals surface area (Å²) in [6.45, 7) is 14.1. The monoisotopic (exact) mass is 356 g/mol. The van der Waals surface area contributed by atoms with E-state index in [1.54, 1.807) is 0 Å². The number of aliphatic hydroxyl groups is 1. The van der Waals surface area contributed by atoms with E-state index in [-0.39, 0.29) is 23.4 Å². The number of benzene rings is 1. The van der Waals surface area contributed by atoms with E-state index >= 15 is 0 Å². The van der Waals surface area contributed by atoms with Gasteiger partial charge in [0, 0.05) is 12.1 Å². The Morgan fingerprint density at radius 3 is 2.17 bits per heavy atom. The molecule has 140 valence electrons. The minimum absolute atomic E-state index is 0. The molecule has 2 N–H and O–H groups in total. The lowest BCUT2D eigenvalue weighted by Gasteiger charge is -2.34. The number of rotatable bonds is 9. The molecule has 0 saturated carbocycles. The normalized spacial score (nSPS) is 13.3. The molecule has 0 fully saturated rings. The number of aryl methyl sites for hydroxylation is 1. The molecular weight excluding hydrogens is 322 g/mol. The van der Waals surface area contributed by atoms with Gasteiger partial charge >= 0.3 is 0 Å². The van der Waals surface area contributed by atoms with E-state index < -0.39 is 6.10 Å². The lowest BCUT2D eigenvalue weighted by molar-refractivity contribution is -0.00000831. The van der Waals surface area contributed by atoms with Crippen molar-refractivity contribution in [3.05, 3.63) is 29.8 Å². The Labute approximate surface area is 154 Å². The molecule has 3 nitrogen and oxygen atoms in total. The lowest BCUT2D eigenvalue weighted by atomic mass is 9.82. The maximum atomic E-state index is 10.1. The van der Waals surface area contributed by atoms with Crippen LogP contribution in [0.2, 0.25) is 0 Å². The summed E-state index contributed by atoms with van der Waals surface area (Å²) in [4.78, 5) is 0. The average molecular weight is 357 g/mol. The number of halogens is 1. The third kappa shape index (κ3) is 10.2. The molecule has 0 aliphatic carbocycles. The first-order valence-electron chi connectivity index (χ1n) is 8.76. The molecular formula is C20H35ClNO2-. The van der Waals surface area contributed by atoms with Crippen LogP contribution < -0.4 is 22.5 Å². The number of β-amino-alcohol motifs (C(OH)–C–C–N with tert-alkyl or cyclic N) is 1. The van der Waals surface area contributed by atoms with Crippen LogP contribution in [0.4, 0.5) is 0 Å². The summed E-state index contributed by atoms with van der Waals surface area (Å²) in [5, 5.41) is 13.6. The topological polar surface area (TPSA) is 41.5 Å². The first-order chi connectivity index (χ1) is 10.6. The van der Waals surface area contributed by atoms with Gasteiger partial charge in [0.25, 0.3) is 0 Å². The summed E-state index contributed by atoms with van der Waals surface area (Å²) in [6.07, 6.45) is 2.78. The molecule has 24 heavy (non-hydrogen) atoms. The highest BCUT2D eigenvalue weighted by Gasteiger charge is 2.25. The van der Waals surface area contributed by atoms with E-state index in [9.17, 15) is 5.11 Å². The molecule has 0 heterocycles. The van der Waals surface area contributed by atoms with Gasteiger partial charge in [-0.05, 0) is 49.8 Å². The van der Waals surface area contributed by atoms with E-state index in [4.69, 9.17) is 4.74 Å². The number of ether oxygens (including phenoxy) is 1. The largest absolute Gasteiger partial charge is 1.00 e. The van der Waals surface area contributed by atoms with Crippen molar-refractivity contribution in [1.29, 1.82) is 0 Å². The van der Waals surface area contributed by atoms with Crippen LogP contribution >= 0.6 is 0 Å². The molecule has 1 unspecified atom stereocenters. The van der Waals surface area contributed by atoms with Crippen molar-refractivity contribution in [1.82, 2.24) is 5.32 Å². The van der Waals surface area contributed by atoms with E-state index in [0.29, 0.717) is 13.2 Å². The second-order valence-electron chi connectivity index (χ2n) is 8.36.